The number of carbonyl (C=O) groups is 1. The standard InChI is InChI=1S/C29H31ClN8OS2/c1-29(26-25(35-28-38(26)15-16-40-28)22-6-2-3-7-23(22)34-24(39)17-31)12-13-32-27(36-29)33-20-5-4-14-37(18-20)41-21-10-8-19(30)9-11-21/h2-3,6-11,13,15-16,20H,4-5,12,14,17-18,31H2,1H3,(H,33,36)(H,34,39)/p+1/t20-,29?/m1/s1. The molecule has 2 aromatic carbocycles. The predicted octanol–water partition coefficient (Wildman–Crippen LogP) is 4.00. The van der Waals surface area contributed by atoms with E-state index in [0.29, 0.717) is 18.1 Å². The van der Waals surface area contributed by atoms with Crippen LogP contribution in [-0.2, 0) is 10.3 Å². The maximum atomic E-state index is 12.2. The number of anilines is 1. The van der Waals surface area contributed by atoms with Gasteiger partial charge in [-0.05, 0) is 50.1 Å². The molecule has 12 heteroatoms. The zero-order valence-electron chi connectivity index (χ0n) is 22.6. The van der Waals surface area contributed by atoms with Crippen LogP contribution in [0.15, 0.2) is 75.0 Å². The number of fused-ring (bicyclic) bond motifs is 1. The topological polar surface area (TPSA) is 114 Å². The number of rotatable bonds is 7. The van der Waals surface area contributed by atoms with E-state index >= 15 is 0 Å². The highest BCUT2D eigenvalue weighted by Gasteiger charge is 2.37. The second-order valence-corrected chi connectivity index (χ2v) is 13.0. The molecule has 3 atom stereocenters. The summed E-state index contributed by atoms with van der Waals surface area (Å²) < 4.78 is 3.56. The van der Waals surface area contributed by atoms with Gasteiger partial charge in [0.1, 0.15) is 24.5 Å². The molecule has 5 N–H and O–H groups in total. The Balaban J connectivity index is 1.28. The van der Waals surface area contributed by atoms with Gasteiger partial charge in [-0.15, -0.1) is 11.3 Å². The number of aromatic nitrogens is 2. The van der Waals surface area contributed by atoms with Crippen LogP contribution in [-0.4, -0.2) is 53.1 Å². The molecule has 2 unspecified atom stereocenters. The number of halogens is 1. The first kappa shape index (κ1) is 27.9. The lowest BCUT2D eigenvalue weighted by Crippen LogP contribution is -3.07. The predicted molar refractivity (Wildman–Crippen MR) is 168 cm³/mol. The quantitative estimate of drug-likeness (QED) is 0.237. The summed E-state index contributed by atoms with van der Waals surface area (Å²) in [5.41, 5.74) is 8.39. The van der Waals surface area contributed by atoms with E-state index in [1.165, 1.54) is 9.20 Å². The second-order valence-electron chi connectivity index (χ2n) is 10.4. The third kappa shape index (κ3) is 6.05. The van der Waals surface area contributed by atoms with E-state index < -0.39 is 5.54 Å². The molecule has 1 fully saturated rings. The van der Waals surface area contributed by atoms with Gasteiger partial charge in [-0.25, -0.2) is 15.0 Å². The number of nitrogens with one attached hydrogen (secondary N) is 3. The van der Waals surface area contributed by atoms with E-state index in [1.807, 2.05) is 66.1 Å². The molecular formula is C29H32ClN8OS2+. The molecular weight excluding hydrogens is 576 g/mol. The fourth-order valence-electron chi connectivity index (χ4n) is 5.41. The average molecular weight is 608 g/mol. The molecule has 1 amide bonds. The van der Waals surface area contributed by atoms with Crippen LogP contribution in [0.5, 0.6) is 0 Å². The summed E-state index contributed by atoms with van der Waals surface area (Å²) in [5, 5.41) is 9.39. The van der Waals surface area contributed by atoms with Crippen LogP contribution < -0.4 is 20.7 Å². The average Bonchev–Trinajstić information content (AvgIpc) is 3.57. The SMILES string of the molecule is CC1(c2c(-c3ccccc3NC(=O)CN)nc3sccn23)CC=NC(=N[C@@H]2CCC[NH+](Sc3ccc(Cl)cc3)C2)N1. The summed E-state index contributed by atoms with van der Waals surface area (Å²) in [6, 6.07) is 15.9. The minimum atomic E-state index is -0.527. The van der Waals surface area contributed by atoms with Gasteiger partial charge in [0.25, 0.3) is 0 Å². The van der Waals surface area contributed by atoms with Crippen LogP contribution in [0, 0.1) is 0 Å². The fraction of sp³-hybridized carbons (Fsp3) is 0.310. The summed E-state index contributed by atoms with van der Waals surface area (Å²) in [4.78, 5) is 29.1. The van der Waals surface area contributed by atoms with Crippen molar-refractivity contribution >= 4 is 63.6 Å². The van der Waals surface area contributed by atoms with E-state index in [-0.39, 0.29) is 18.5 Å². The third-order valence-corrected chi connectivity index (χ3v) is 9.54. The molecule has 2 aliphatic heterocycles. The molecule has 9 nitrogen and oxygen atoms in total. The van der Waals surface area contributed by atoms with Gasteiger partial charge < -0.3 is 16.4 Å². The second kappa shape index (κ2) is 11.9. The number of piperidine rings is 1. The zero-order valence-corrected chi connectivity index (χ0v) is 25.0. The van der Waals surface area contributed by atoms with E-state index in [9.17, 15) is 4.79 Å². The molecule has 6 rings (SSSR count). The van der Waals surface area contributed by atoms with Crippen molar-refractivity contribution in [2.75, 3.05) is 25.0 Å². The molecule has 212 valence electrons. The van der Waals surface area contributed by atoms with Crippen molar-refractivity contribution in [3.05, 3.63) is 70.8 Å². The summed E-state index contributed by atoms with van der Waals surface area (Å²) in [6.45, 7) is 4.09. The summed E-state index contributed by atoms with van der Waals surface area (Å²) >= 11 is 9.47. The lowest BCUT2D eigenvalue weighted by Gasteiger charge is -2.34. The van der Waals surface area contributed by atoms with Crippen molar-refractivity contribution in [3.63, 3.8) is 0 Å². The number of benzene rings is 2. The molecule has 4 heterocycles. The van der Waals surface area contributed by atoms with Crippen LogP contribution in [0.25, 0.3) is 16.2 Å². The summed E-state index contributed by atoms with van der Waals surface area (Å²) in [6.07, 6.45) is 6.78. The number of nitrogens with two attached hydrogens (primary N) is 1. The molecule has 1 saturated heterocycles. The molecule has 0 spiro atoms. The largest absolute Gasteiger partial charge is 0.343 e. The van der Waals surface area contributed by atoms with Crippen LogP contribution in [0.2, 0.25) is 5.02 Å². The highest BCUT2D eigenvalue weighted by molar-refractivity contribution is 7.93. The van der Waals surface area contributed by atoms with Crippen molar-refractivity contribution in [3.8, 4) is 11.3 Å². The lowest BCUT2D eigenvalue weighted by molar-refractivity contribution is -0.763. The highest BCUT2D eigenvalue weighted by Crippen LogP contribution is 2.39. The number of carbonyl (C=O) groups excluding carboxylic acids is 1. The zero-order chi connectivity index (χ0) is 28.4. The number of imidazole rings is 1. The highest BCUT2D eigenvalue weighted by atomic mass is 35.5. The molecule has 0 aliphatic carbocycles. The van der Waals surface area contributed by atoms with Crippen molar-refractivity contribution < 1.29 is 9.10 Å². The van der Waals surface area contributed by atoms with Gasteiger partial charge >= 0.3 is 0 Å². The Bertz CT molecular complexity index is 1610. The van der Waals surface area contributed by atoms with Gasteiger partial charge in [0, 0.05) is 34.8 Å². The molecule has 41 heavy (non-hydrogen) atoms. The van der Waals surface area contributed by atoms with Gasteiger partial charge in [-0.2, -0.15) is 0 Å². The van der Waals surface area contributed by atoms with Gasteiger partial charge in [0.05, 0.1) is 40.6 Å². The van der Waals surface area contributed by atoms with Crippen molar-refractivity contribution in [2.24, 2.45) is 15.7 Å². The van der Waals surface area contributed by atoms with Crippen LogP contribution >= 0.6 is 34.9 Å². The number of guanidine groups is 1. The van der Waals surface area contributed by atoms with Gasteiger partial charge in [0.2, 0.25) is 11.9 Å². The first-order valence-electron chi connectivity index (χ1n) is 13.6. The molecule has 0 bridgehead atoms. The van der Waals surface area contributed by atoms with E-state index in [2.05, 4.69) is 39.1 Å². The number of amides is 1. The maximum absolute atomic E-state index is 12.2. The minimum absolute atomic E-state index is 0.0897. The van der Waals surface area contributed by atoms with Crippen LogP contribution in [0.3, 0.4) is 0 Å². The number of nitrogens with zero attached hydrogens (tertiary/aromatic N) is 4. The lowest BCUT2D eigenvalue weighted by atomic mass is 9.89. The molecule has 2 aromatic heterocycles. The normalized spacial score (nSPS) is 23.5. The maximum Gasteiger partial charge on any atom is 0.238 e. The first-order valence-corrected chi connectivity index (χ1v) is 15.7. The van der Waals surface area contributed by atoms with Crippen molar-refractivity contribution in [1.29, 1.82) is 0 Å². The van der Waals surface area contributed by atoms with Crippen LogP contribution in [0.4, 0.5) is 5.69 Å². The molecule has 0 radical (unpaired) electrons. The van der Waals surface area contributed by atoms with E-state index in [0.717, 1.165) is 52.9 Å². The Morgan fingerprint density at radius 3 is 2.98 bits per heavy atom. The number of para-hydroxylation sites is 1. The van der Waals surface area contributed by atoms with Gasteiger partial charge in [-0.1, -0.05) is 29.8 Å². The van der Waals surface area contributed by atoms with Crippen molar-refractivity contribution in [2.45, 2.75) is 42.7 Å². The first-order chi connectivity index (χ1) is 19.9. The van der Waals surface area contributed by atoms with Crippen molar-refractivity contribution in [1.82, 2.24) is 14.7 Å². The number of aliphatic imine (C=N–C) groups is 2. The van der Waals surface area contributed by atoms with Gasteiger partial charge in [0.15, 0.2) is 4.96 Å². The Kier molecular flexibility index (Phi) is 8.14. The Labute approximate surface area is 252 Å². The Morgan fingerprint density at radius 1 is 1.32 bits per heavy atom. The fourth-order valence-corrected chi connectivity index (χ4v) is 7.38. The molecule has 2 aliphatic rings. The smallest absolute Gasteiger partial charge is 0.238 e. The molecule has 0 saturated carbocycles. The van der Waals surface area contributed by atoms with E-state index in [4.69, 9.17) is 27.3 Å². The van der Waals surface area contributed by atoms with Crippen LogP contribution in [0.1, 0.15) is 31.9 Å². The monoisotopic (exact) mass is 607 g/mol. The number of thiazole rings is 1. The number of hydrogen-bond acceptors (Lipinski definition) is 6. The van der Waals surface area contributed by atoms with Gasteiger partial charge in [-0.3, -0.25) is 13.5 Å². The van der Waals surface area contributed by atoms with E-state index in [1.54, 1.807) is 11.3 Å². The number of quaternary nitrogens is 1. The summed E-state index contributed by atoms with van der Waals surface area (Å²) in [5.74, 6) is 0.392. The Hall–Kier alpha value is -3.22. The Morgan fingerprint density at radius 2 is 2.15 bits per heavy atom. The number of hydrogen-bond donors (Lipinski definition) is 4. The third-order valence-electron chi connectivity index (χ3n) is 7.36. The molecule has 4 aromatic rings. The summed E-state index contributed by atoms with van der Waals surface area (Å²) in [7, 11) is 0. The minimum Gasteiger partial charge on any atom is -0.343 e.